The highest BCUT2D eigenvalue weighted by molar-refractivity contribution is 5.99. The van der Waals surface area contributed by atoms with E-state index in [9.17, 15) is 43.9 Å². The smallest absolute Gasteiger partial charge is 0.198 e. The van der Waals surface area contributed by atoms with Crippen LogP contribution < -0.4 is 0 Å². The van der Waals surface area contributed by atoms with Crippen LogP contribution in [0.15, 0.2) is 6.07 Å². The third-order valence-corrected chi connectivity index (χ3v) is 3.98. The molecule has 3 aromatic rings. The normalized spacial score (nSPS) is 11.5. The van der Waals surface area contributed by atoms with Gasteiger partial charge in [-0.25, -0.2) is 43.9 Å². The quantitative estimate of drug-likeness (QED) is 0.260. The Morgan fingerprint density at radius 2 is 0.889 bits per heavy atom. The van der Waals surface area contributed by atoms with Crippen molar-refractivity contribution in [2.75, 3.05) is 0 Å². The lowest BCUT2D eigenvalue weighted by Crippen LogP contribution is -2.08. The lowest BCUT2D eigenvalue weighted by molar-refractivity contribution is 0.415. The fourth-order valence-electron chi connectivity index (χ4n) is 2.68. The highest BCUT2D eigenvalue weighted by Gasteiger charge is 2.33. The van der Waals surface area contributed by atoms with Crippen molar-refractivity contribution in [1.82, 2.24) is 0 Å². The first-order valence-corrected chi connectivity index (χ1v) is 6.97. The molecule has 0 saturated carbocycles. The van der Waals surface area contributed by atoms with Crippen molar-refractivity contribution in [3.05, 3.63) is 69.8 Å². The van der Waals surface area contributed by atoms with Crippen LogP contribution in [-0.2, 0) is 0 Å². The van der Waals surface area contributed by atoms with Gasteiger partial charge in [0.15, 0.2) is 46.5 Å². The zero-order chi connectivity index (χ0) is 20.4. The average Bonchev–Trinajstić information content (AvgIpc) is 2.62. The number of fused-ring (bicyclic) bond motifs is 1. The van der Waals surface area contributed by atoms with Gasteiger partial charge in [-0.05, 0) is 6.92 Å². The van der Waals surface area contributed by atoms with Crippen LogP contribution in [0.5, 0.6) is 0 Å². The van der Waals surface area contributed by atoms with Crippen LogP contribution in [0.1, 0.15) is 5.56 Å². The molecule has 0 fully saturated rings. The third kappa shape index (κ3) is 2.46. The van der Waals surface area contributed by atoms with Crippen LogP contribution in [0.25, 0.3) is 21.9 Å². The van der Waals surface area contributed by atoms with E-state index in [-0.39, 0.29) is 6.07 Å². The van der Waals surface area contributed by atoms with Gasteiger partial charge in [0.1, 0.15) is 11.6 Å². The van der Waals surface area contributed by atoms with Gasteiger partial charge < -0.3 is 0 Å². The Bertz CT molecular complexity index is 1100. The summed E-state index contributed by atoms with van der Waals surface area (Å²) >= 11 is 0. The summed E-state index contributed by atoms with van der Waals surface area (Å²) in [4.78, 5) is 0. The Labute approximate surface area is 143 Å². The first-order valence-electron chi connectivity index (χ1n) is 6.97. The molecule has 10 heteroatoms. The molecule has 27 heavy (non-hydrogen) atoms. The van der Waals surface area contributed by atoms with E-state index in [0.717, 1.165) is 0 Å². The summed E-state index contributed by atoms with van der Waals surface area (Å²) in [5.74, 6) is -22.1. The highest BCUT2D eigenvalue weighted by Crippen LogP contribution is 2.42. The van der Waals surface area contributed by atoms with Crippen LogP contribution in [0.2, 0.25) is 0 Å². The number of hydrogen-bond donors (Lipinski definition) is 0. The van der Waals surface area contributed by atoms with E-state index in [1.165, 1.54) is 0 Å². The van der Waals surface area contributed by atoms with E-state index in [1.807, 2.05) is 0 Å². The standard InChI is InChI=1S/C17H4F10/c1-3-10(20)6(9-12(22)4(18)2-5(19)13(9)23)7-8(11(3)21)15(25)17(27)16(26)14(7)24/h2H,1H3. The molecule has 0 nitrogen and oxygen atoms in total. The van der Waals surface area contributed by atoms with Gasteiger partial charge in [0, 0.05) is 22.6 Å². The Kier molecular flexibility index (Phi) is 4.32. The van der Waals surface area contributed by atoms with Gasteiger partial charge in [0.05, 0.1) is 10.9 Å². The Balaban J connectivity index is 2.73. The minimum absolute atomic E-state index is 0.248. The fraction of sp³-hybridized carbons (Fsp3) is 0.0588. The van der Waals surface area contributed by atoms with Crippen LogP contribution >= 0.6 is 0 Å². The van der Waals surface area contributed by atoms with Crippen LogP contribution in [0.3, 0.4) is 0 Å². The predicted molar refractivity (Wildman–Crippen MR) is 73.7 cm³/mol. The van der Waals surface area contributed by atoms with Crippen LogP contribution in [0.4, 0.5) is 43.9 Å². The molecule has 0 saturated heterocycles. The van der Waals surface area contributed by atoms with E-state index < -0.39 is 85.6 Å². The first kappa shape index (κ1) is 19.0. The van der Waals surface area contributed by atoms with E-state index >= 15 is 0 Å². The Morgan fingerprint density at radius 3 is 1.37 bits per heavy atom. The number of hydrogen-bond acceptors (Lipinski definition) is 0. The molecule has 0 heterocycles. The molecule has 0 atom stereocenters. The predicted octanol–water partition coefficient (Wildman–Crippen LogP) is 6.21. The lowest BCUT2D eigenvalue weighted by atomic mass is 9.92. The molecule has 0 aliphatic rings. The summed E-state index contributed by atoms with van der Waals surface area (Å²) in [5, 5.41) is -3.43. The zero-order valence-electron chi connectivity index (χ0n) is 12.9. The van der Waals surface area contributed by atoms with Crippen molar-refractivity contribution in [3.63, 3.8) is 0 Å². The molecule has 0 aliphatic heterocycles. The molecule has 0 spiro atoms. The average molecular weight is 398 g/mol. The van der Waals surface area contributed by atoms with Gasteiger partial charge in [-0.15, -0.1) is 0 Å². The Morgan fingerprint density at radius 1 is 0.444 bits per heavy atom. The van der Waals surface area contributed by atoms with Gasteiger partial charge in [-0.3, -0.25) is 0 Å². The summed E-state index contributed by atoms with van der Waals surface area (Å²) in [6.45, 7) is 0.609. The van der Waals surface area contributed by atoms with Crippen molar-refractivity contribution < 1.29 is 43.9 Å². The van der Waals surface area contributed by atoms with Gasteiger partial charge in [0.25, 0.3) is 0 Å². The van der Waals surface area contributed by atoms with Crippen molar-refractivity contribution in [2.45, 2.75) is 6.92 Å². The molecule has 0 radical (unpaired) electrons. The van der Waals surface area contributed by atoms with Gasteiger partial charge >= 0.3 is 0 Å². The van der Waals surface area contributed by atoms with Crippen molar-refractivity contribution in [1.29, 1.82) is 0 Å². The molecule has 3 rings (SSSR count). The second-order valence-electron chi connectivity index (χ2n) is 5.48. The first-order chi connectivity index (χ1) is 12.5. The third-order valence-electron chi connectivity index (χ3n) is 3.98. The number of halogens is 10. The summed E-state index contributed by atoms with van der Waals surface area (Å²) in [7, 11) is 0. The number of benzene rings is 3. The maximum absolute atomic E-state index is 14.5. The second kappa shape index (κ2) is 6.14. The maximum atomic E-state index is 14.5. The lowest BCUT2D eigenvalue weighted by Gasteiger charge is -2.16. The SMILES string of the molecule is Cc1c(F)c(-c2c(F)c(F)cc(F)c2F)c2c(F)c(F)c(F)c(F)c2c1F. The molecule has 0 amide bonds. The molecule has 142 valence electrons. The molecular weight excluding hydrogens is 394 g/mol. The molecular formula is C17H4F10. The molecule has 0 aromatic heterocycles. The van der Waals surface area contributed by atoms with E-state index in [4.69, 9.17) is 0 Å². The van der Waals surface area contributed by atoms with Crippen molar-refractivity contribution in [3.8, 4) is 11.1 Å². The molecule has 0 N–H and O–H groups in total. The molecule has 3 aromatic carbocycles. The molecule has 0 bridgehead atoms. The Hall–Kier alpha value is -2.78. The maximum Gasteiger partial charge on any atom is 0.198 e. The summed E-state index contributed by atoms with van der Waals surface area (Å²) in [6, 6.07) is -0.248. The van der Waals surface area contributed by atoms with Crippen LogP contribution in [-0.4, -0.2) is 0 Å². The monoisotopic (exact) mass is 398 g/mol. The second-order valence-corrected chi connectivity index (χ2v) is 5.48. The largest absolute Gasteiger partial charge is 0.206 e. The van der Waals surface area contributed by atoms with E-state index in [2.05, 4.69) is 0 Å². The van der Waals surface area contributed by atoms with E-state index in [0.29, 0.717) is 6.92 Å². The van der Waals surface area contributed by atoms with Crippen molar-refractivity contribution >= 4 is 10.8 Å². The summed E-state index contributed by atoms with van der Waals surface area (Å²) < 4.78 is 139. The topological polar surface area (TPSA) is 0 Å². The fourth-order valence-corrected chi connectivity index (χ4v) is 2.68. The van der Waals surface area contributed by atoms with E-state index in [1.54, 1.807) is 0 Å². The molecule has 0 unspecified atom stereocenters. The summed E-state index contributed by atoms with van der Waals surface area (Å²) in [6.07, 6.45) is 0. The van der Waals surface area contributed by atoms with Crippen molar-refractivity contribution in [2.24, 2.45) is 0 Å². The van der Waals surface area contributed by atoms with Gasteiger partial charge in [-0.1, -0.05) is 0 Å². The minimum Gasteiger partial charge on any atom is -0.206 e. The zero-order valence-corrected chi connectivity index (χ0v) is 12.9. The minimum atomic E-state index is -2.54. The molecule has 0 aliphatic carbocycles. The highest BCUT2D eigenvalue weighted by atomic mass is 19.2. The summed E-state index contributed by atoms with van der Waals surface area (Å²) in [5.41, 5.74) is -4.75. The van der Waals surface area contributed by atoms with Gasteiger partial charge in [-0.2, -0.15) is 0 Å². The van der Waals surface area contributed by atoms with Crippen LogP contribution in [0, 0.1) is 65.1 Å². The van der Waals surface area contributed by atoms with Gasteiger partial charge in [0.2, 0.25) is 0 Å². The number of rotatable bonds is 1.